The van der Waals surface area contributed by atoms with E-state index in [1.807, 2.05) is 6.07 Å². The van der Waals surface area contributed by atoms with Gasteiger partial charge in [-0.05, 0) is 30.7 Å². The lowest BCUT2D eigenvalue weighted by Crippen LogP contribution is -2.24. The summed E-state index contributed by atoms with van der Waals surface area (Å²) in [5.74, 6) is 0.211. The zero-order valence-electron chi connectivity index (χ0n) is 11.6. The molecule has 2 aromatic rings. The lowest BCUT2D eigenvalue weighted by molar-refractivity contribution is 0.410. The molecule has 0 fully saturated rings. The van der Waals surface area contributed by atoms with E-state index in [1.165, 1.54) is 13.2 Å². The van der Waals surface area contributed by atoms with Gasteiger partial charge in [-0.15, -0.1) is 0 Å². The van der Waals surface area contributed by atoms with Crippen molar-refractivity contribution in [3.8, 4) is 5.75 Å². The van der Waals surface area contributed by atoms with Crippen molar-refractivity contribution in [2.45, 2.75) is 19.4 Å². The van der Waals surface area contributed by atoms with Gasteiger partial charge in [-0.2, -0.15) is 10.2 Å². The molecule has 0 bridgehead atoms. The molecule has 0 saturated heterocycles. The Morgan fingerprint density at radius 1 is 1.30 bits per heavy atom. The lowest BCUT2D eigenvalue weighted by atomic mass is 9.99. The summed E-state index contributed by atoms with van der Waals surface area (Å²) in [5.41, 5.74) is 1.46. The molecule has 5 heteroatoms. The molecule has 0 amide bonds. The van der Waals surface area contributed by atoms with Gasteiger partial charge in [-0.25, -0.2) is 4.39 Å². The Balaban J connectivity index is 2.36. The average Bonchev–Trinajstić information content (AvgIpc) is 2.50. The minimum Gasteiger partial charge on any atom is -0.497 e. The fourth-order valence-electron chi connectivity index (χ4n) is 2.04. The van der Waals surface area contributed by atoms with Gasteiger partial charge in [0.15, 0.2) is 0 Å². The van der Waals surface area contributed by atoms with Gasteiger partial charge in [0.1, 0.15) is 11.6 Å². The number of aromatic nitrogens is 2. The second kappa shape index (κ2) is 6.96. The Morgan fingerprint density at radius 2 is 2.15 bits per heavy atom. The summed E-state index contributed by atoms with van der Waals surface area (Å²) in [6, 6.07) is 6.49. The summed E-state index contributed by atoms with van der Waals surface area (Å²) >= 11 is 0. The topological polar surface area (TPSA) is 47.0 Å². The molecular weight excluding hydrogens is 257 g/mol. The van der Waals surface area contributed by atoms with E-state index in [1.54, 1.807) is 24.5 Å². The summed E-state index contributed by atoms with van der Waals surface area (Å²) in [4.78, 5) is 0. The Morgan fingerprint density at radius 3 is 2.75 bits per heavy atom. The minimum absolute atomic E-state index is 0.239. The highest BCUT2D eigenvalue weighted by atomic mass is 19.1. The molecule has 0 radical (unpaired) electrons. The third-order valence-electron chi connectivity index (χ3n) is 3.06. The quantitative estimate of drug-likeness (QED) is 0.880. The predicted molar refractivity (Wildman–Crippen MR) is 75.1 cm³/mol. The SMILES string of the molecule is CCCNC(c1ccnnc1)c1ccc(OC)cc1F. The minimum atomic E-state index is -0.297. The number of hydrogen-bond donors (Lipinski definition) is 1. The van der Waals surface area contributed by atoms with Crippen LogP contribution in [-0.2, 0) is 0 Å². The van der Waals surface area contributed by atoms with Crippen LogP contribution < -0.4 is 10.1 Å². The van der Waals surface area contributed by atoms with Crippen LogP contribution >= 0.6 is 0 Å². The maximum Gasteiger partial charge on any atom is 0.132 e. The molecule has 0 aliphatic carbocycles. The molecule has 1 atom stereocenters. The van der Waals surface area contributed by atoms with E-state index in [4.69, 9.17) is 4.74 Å². The van der Waals surface area contributed by atoms with E-state index >= 15 is 0 Å². The second-order valence-corrected chi connectivity index (χ2v) is 4.45. The zero-order valence-corrected chi connectivity index (χ0v) is 11.6. The predicted octanol–water partition coefficient (Wildman–Crippen LogP) is 2.71. The summed E-state index contributed by atoms with van der Waals surface area (Å²) in [6.45, 7) is 2.86. The number of hydrogen-bond acceptors (Lipinski definition) is 4. The fourth-order valence-corrected chi connectivity index (χ4v) is 2.04. The van der Waals surface area contributed by atoms with Crippen LogP contribution in [-0.4, -0.2) is 23.9 Å². The first-order valence-electron chi connectivity index (χ1n) is 6.59. The van der Waals surface area contributed by atoms with Gasteiger partial charge in [0.05, 0.1) is 19.3 Å². The number of ether oxygens (including phenoxy) is 1. The number of benzene rings is 1. The molecule has 0 aliphatic heterocycles. The number of halogens is 1. The molecule has 20 heavy (non-hydrogen) atoms. The smallest absolute Gasteiger partial charge is 0.132 e. The maximum absolute atomic E-state index is 14.2. The molecule has 1 aromatic carbocycles. The van der Waals surface area contributed by atoms with Crippen molar-refractivity contribution in [3.05, 3.63) is 53.6 Å². The van der Waals surface area contributed by atoms with Gasteiger partial charge in [-0.1, -0.05) is 13.0 Å². The van der Waals surface area contributed by atoms with Crippen molar-refractivity contribution in [3.63, 3.8) is 0 Å². The van der Waals surface area contributed by atoms with E-state index in [0.717, 1.165) is 18.5 Å². The van der Waals surface area contributed by atoms with E-state index in [2.05, 4.69) is 22.4 Å². The third kappa shape index (κ3) is 3.30. The average molecular weight is 275 g/mol. The molecule has 0 aliphatic rings. The van der Waals surface area contributed by atoms with Crippen molar-refractivity contribution >= 4 is 0 Å². The number of nitrogens with zero attached hydrogens (tertiary/aromatic N) is 2. The first kappa shape index (κ1) is 14.4. The number of methoxy groups -OCH3 is 1. The second-order valence-electron chi connectivity index (χ2n) is 4.45. The highest BCUT2D eigenvalue weighted by Crippen LogP contribution is 2.26. The van der Waals surface area contributed by atoms with Crippen LogP contribution in [0.1, 0.15) is 30.5 Å². The van der Waals surface area contributed by atoms with Gasteiger partial charge in [-0.3, -0.25) is 0 Å². The van der Waals surface area contributed by atoms with Crippen molar-refractivity contribution in [2.24, 2.45) is 0 Å². The van der Waals surface area contributed by atoms with Gasteiger partial charge < -0.3 is 10.1 Å². The van der Waals surface area contributed by atoms with E-state index in [9.17, 15) is 4.39 Å². The fraction of sp³-hybridized carbons (Fsp3) is 0.333. The first-order chi connectivity index (χ1) is 9.76. The maximum atomic E-state index is 14.2. The molecule has 4 nitrogen and oxygen atoms in total. The van der Waals surface area contributed by atoms with Crippen LogP contribution in [0.15, 0.2) is 36.7 Å². The van der Waals surface area contributed by atoms with E-state index < -0.39 is 0 Å². The summed E-state index contributed by atoms with van der Waals surface area (Å²) < 4.78 is 19.3. The van der Waals surface area contributed by atoms with Crippen LogP contribution in [0.3, 0.4) is 0 Å². The van der Waals surface area contributed by atoms with Crippen molar-refractivity contribution < 1.29 is 9.13 Å². The highest BCUT2D eigenvalue weighted by molar-refractivity contribution is 5.35. The van der Waals surface area contributed by atoms with Crippen molar-refractivity contribution in [2.75, 3.05) is 13.7 Å². The molecule has 1 aromatic heterocycles. The Bertz CT molecular complexity index is 548. The number of nitrogens with one attached hydrogen (secondary N) is 1. The van der Waals surface area contributed by atoms with E-state index in [-0.39, 0.29) is 11.9 Å². The highest BCUT2D eigenvalue weighted by Gasteiger charge is 2.18. The van der Waals surface area contributed by atoms with Crippen LogP contribution in [0.5, 0.6) is 5.75 Å². The Kier molecular flexibility index (Phi) is 5.01. The van der Waals surface area contributed by atoms with Gasteiger partial charge in [0, 0.05) is 17.8 Å². The zero-order chi connectivity index (χ0) is 14.4. The third-order valence-corrected chi connectivity index (χ3v) is 3.06. The van der Waals surface area contributed by atoms with Crippen molar-refractivity contribution in [1.29, 1.82) is 0 Å². The molecule has 0 spiro atoms. The van der Waals surface area contributed by atoms with Crippen molar-refractivity contribution in [1.82, 2.24) is 15.5 Å². The first-order valence-corrected chi connectivity index (χ1v) is 6.59. The molecule has 106 valence electrons. The summed E-state index contributed by atoms with van der Waals surface area (Å²) in [5, 5.41) is 11.0. The normalized spacial score (nSPS) is 12.2. The van der Waals surface area contributed by atoms with Crippen LogP contribution in [0.4, 0.5) is 4.39 Å². The molecule has 1 heterocycles. The molecule has 1 N–H and O–H groups in total. The number of rotatable bonds is 6. The van der Waals surface area contributed by atoms with E-state index in [0.29, 0.717) is 11.3 Å². The largest absolute Gasteiger partial charge is 0.497 e. The molecule has 2 rings (SSSR count). The van der Waals surface area contributed by atoms with Crippen LogP contribution in [0.2, 0.25) is 0 Å². The molecular formula is C15H18FN3O. The molecule has 0 saturated carbocycles. The summed E-state index contributed by atoms with van der Waals surface area (Å²) in [7, 11) is 1.52. The molecule has 1 unspecified atom stereocenters. The summed E-state index contributed by atoms with van der Waals surface area (Å²) in [6.07, 6.45) is 4.22. The van der Waals surface area contributed by atoms with Gasteiger partial charge in [0.2, 0.25) is 0 Å². The lowest BCUT2D eigenvalue weighted by Gasteiger charge is -2.20. The van der Waals surface area contributed by atoms with Crippen LogP contribution in [0, 0.1) is 5.82 Å². The van der Waals surface area contributed by atoms with Crippen LogP contribution in [0.25, 0.3) is 0 Å². The Labute approximate surface area is 118 Å². The monoisotopic (exact) mass is 275 g/mol. The standard InChI is InChI=1S/C15H18FN3O/c1-3-7-17-15(11-6-8-18-19-10-11)13-5-4-12(20-2)9-14(13)16/h4-6,8-10,15,17H,3,7H2,1-2H3. The Hall–Kier alpha value is -2.01. The van der Waals surface area contributed by atoms with Gasteiger partial charge in [0.25, 0.3) is 0 Å². The van der Waals surface area contributed by atoms with Gasteiger partial charge >= 0.3 is 0 Å².